The third kappa shape index (κ3) is 3.85. The van der Waals surface area contributed by atoms with Crippen molar-refractivity contribution in [2.75, 3.05) is 33.8 Å². The van der Waals surface area contributed by atoms with E-state index in [1.165, 1.54) is 0 Å². The lowest BCUT2D eigenvalue weighted by atomic mass is 10.2. The summed E-state index contributed by atoms with van der Waals surface area (Å²) in [5.74, 6) is 2.40. The maximum Gasteiger partial charge on any atom is 0.258 e. The molecule has 1 fully saturated rings. The molecule has 2 aromatic heterocycles. The van der Waals surface area contributed by atoms with Gasteiger partial charge in [0.1, 0.15) is 6.61 Å². The van der Waals surface area contributed by atoms with Gasteiger partial charge >= 0.3 is 0 Å². The molecule has 3 heterocycles. The van der Waals surface area contributed by atoms with Gasteiger partial charge in [-0.2, -0.15) is 10.1 Å². The average molecular weight is 384 g/mol. The van der Waals surface area contributed by atoms with Crippen molar-refractivity contribution in [1.29, 1.82) is 0 Å². The van der Waals surface area contributed by atoms with Gasteiger partial charge < -0.3 is 19.3 Å². The molecule has 0 amide bonds. The van der Waals surface area contributed by atoms with Crippen LogP contribution in [0.2, 0.25) is 0 Å². The summed E-state index contributed by atoms with van der Waals surface area (Å²) in [4.78, 5) is 6.81. The molecule has 1 unspecified atom stereocenters. The predicted octanol–water partition coefficient (Wildman–Crippen LogP) is 1.63. The van der Waals surface area contributed by atoms with Gasteiger partial charge in [-0.3, -0.25) is 9.58 Å². The van der Waals surface area contributed by atoms with Gasteiger partial charge in [0.25, 0.3) is 5.89 Å². The minimum atomic E-state index is 0.107. The largest absolute Gasteiger partial charge is 0.493 e. The average Bonchev–Trinajstić information content (AvgIpc) is 3.36. The van der Waals surface area contributed by atoms with Gasteiger partial charge in [-0.15, -0.1) is 0 Å². The van der Waals surface area contributed by atoms with E-state index in [2.05, 4.69) is 32.5 Å². The van der Waals surface area contributed by atoms with E-state index in [1.807, 2.05) is 31.4 Å². The summed E-state index contributed by atoms with van der Waals surface area (Å²) in [5, 5.41) is 11.7. The number of aryl methyl sites for hydroxylation is 1. The Morgan fingerprint density at radius 2 is 2.18 bits per heavy atom. The third-order valence-electron chi connectivity index (χ3n) is 4.81. The molecule has 1 saturated heterocycles. The summed E-state index contributed by atoms with van der Waals surface area (Å²) in [6.07, 6.45) is 3.69. The Morgan fingerprint density at radius 1 is 1.29 bits per heavy atom. The number of hydrogen-bond acceptors (Lipinski definition) is 8. The molecule has 4 rings (SSSR count). The van der Waals surface area contributed by atoms with Gasteiger partial charge in [0, 0.05) is 44.0 Å². The van der Waals surface area contributed by atoms with Crippen LogP contribution in [-0.4, -0.2) is 58.6 Å². The zero-order chi connectivity index (χ0) is 19.5. The first-order chi connectivity index (χ1) is 13.6. The highest BCUT2D eigenvalue weighted by Gasteiger charge is 2.25. The molecule has 1 aliphatic rings. The predicted molar refractivity (Wildman–Crippen MR) is 102 cm³/mol. The van der Waals surface area contributed by atoms with Crippen LogP contribution in [-0.2, 0) is 13.7 Å². The highest BCUT2D eigenvalue weighted by Crippen LogP contribution is 2.33. The zero-order valence-corrected chi connectivity index (χ0v) is 16.3. The van der Waals surface area contributed by atoms with Crippen LogP contribution >= 0.6 is 0 Å². The lowest BCUT2D eigenvalue weighted by molar-refractivity contribution is 0.190. The van der Waals surface area contributed by atoms with E-state index in [-0.39, 0.29) is 6.04 Å². The smallest absolute Gasteiger partial charge is 0.258 e. The monoisotopic (exact) mass is 384 g/mol. The number of likely N-dealkylation sites (N-methyl/N-ethyl adjacent to an activating group) is 1. The number of piperazine rings is 1. The van der Waals surface area contributed by atoms with Crippen molar-refractivity contribution < 1.29 is 14.0 Å². The maximum atomic E-state index is 5.87. The van der Waals surface area contributed by atoms with Crippen LogP contribution in [0.5, 0.6) is 11.5 Å². The molecule has 28 heavy (non-hydrogen) atoms. The van der Waals surface area contributed by atoms with Gasteiger partial charge in [0.15, 0.2) is 17.3 Å². The molecule has 3 aromatic rings. The van der Waals surface area contributed by atoms with Crippen molar-refractivity contribution in [3.8, 4) is 23.0 Å². The van der Waals surface area contributed by atoms with E-state index in [0.717, 1.165) is 30.8 Å². The van der Waals surface area contributed by atoms with Crippen LogP contribution in [0.25, 0.3) is 11.5 Å². The van der Waals surface area contributed by atoms with Crippen LogP contribution < -0.4 is 14.8 Å². The van der Waals surface area contributed by atoms with Crippen molar-refractivity contribution in [3.63, 3.8) is 0 Å². The number of nitrogens with zero attached hydrogens (tertiary/aromatic N) is 5. The highest BCUT2D eigenvalue weighted by atomic mass is 16.5. The Balaban J connectivity index is 1.51. The number of methoxy groups -OCH3 is 1. The minimum Gasteiger partial charge on any atom is -0.493 e. The van der Waals surface area contributed by atoms with E-state index in [0.29, 0.717) is 29.8 Å². The SMILES string of the molecule is COc1cc(-c2nc(C3CNCCN3C)no2)ccc1OCc1cnn(C)c1. The van der Waals surface area contributed by atoms with Crippen LogP contribution in [0.1, 0.15) is 17.4 Å². The Bertz CT molecular complexity index is 937. The second kappa shape index (κ2) is 7.99. The molecular formula is C19H24N6O3. The lowest BCUT2D eigenvalue weighted by Gasteiger charge is -2.30. The van der Waals surface area contributed by atoms with Crippen LogP contribution in [0, 0.1) is 0 Å². The standard InChI is InChI=1S/C19H24N6O3/c1-24-7-6-20-10-15(24)18-22-19(28-23-18)14-4-5-16(17(8-14)26-3)27-12-13-9-21-25(2)11-13/h4-5,8-9,11,15,20H,6-7,10,12H2,1-3H3. The Kier molecular flexibility index (Phi) is 5.27. The van der Waals surface area contributed by atoms with E-state index in [9.17, 15) is 0 Å². The maximum absolute atomic E-state index is 5.87. The molecule has 1 aromatic carbocycles. The number of rotatable bonds is 6. The van der Waals surface area contributed by atoms with Crippen LogP contribution in [0.15, 0.2) is 35.1 Å². The third-order valence-corrected chi connectivity index (χ3v) is 4.81. The summed E-state index contributed by atoms with van der Waals surface area (Å²) < 4.78 is 18.6. The second-order valence-electron chi connectivity index (χ2n) is 6.83. The molecule has 0 radical (unpaired) electrons. The first-order valence-electron chi connectivity index (χ1n) is 9.17. The fraction of sp³-hybridized carbons (Fsp3) is 0.421. The van der Waals surface area contributed by atoms with E-state index in [1.54, 1.807) is 18.0 Å². The number of ether oxygens (including phenoxy) is 2. The molecule has 0 bridgehead atoms. The molecule has 1 atom stereocenters. The topological polar surface area (TPSA) is 90.5 Å². The summed E-state index contributed by atoms with van der Waals surface area (Å²) >= 11 is 0. The van der Waals surface area contributed by atoms with E-state index < -0.39 is 0 Å². The quantitative estimate of drug-likeness (QED) is 0.686. The van der Waals surface area contributed by atoms with E-state index >= 15 is 0 Å². The van der Waals surface area contributed by atoms with E-state index in [4.69, 9.17) is 14.0 Å². The molecule has 0 spiro atoms. The Labute approximate surface area is 163 Å². The Morgan fingerprint density at radius 3 is 2.93 bits per heavy atom. The van der Waals surface area contributed by atoms with Gasteiger partial charge in [-0.25, -0.2) is 0 Å². The number of benzene rings is 1. The molecule has 0 saturated carbocycles. The second-order valence-corrected chi connectivity index (χ2v) is 6.83. The fourth-order valence-corrected chi connectivity index (χ4v) is 3.21. The van der Waals surface area contributed by atoms with Gasteiger partial charge in [0.05, 0.1) is 19.3 Å². The molecule has 1 N–H and O–H groups in total. The first-order valence-corrected chi connectivity index (χ1v) is 9.17. The molecule has 9 heteroatoms. The molecule has 1 aliphatic heterocycles. The van der Waals surface area contributed by atoms with Gasteiger partial charge in [0.2, 0.25) is 0 Å². The van der Waals surface area contributed by atoms with Gasteiger partial charge in [-0.1, -0.05) is 5.16 Å². The van der Waals surface area contributed by atoms with Crippen molar-refractivity contribution in [3.05, 3.63) is 42.0 Å². The minimum absolute atomic E-state index is 0.107. The summed E-state index contributed by atoms with van der Waals surface area (Å²) in [7, 11) is 5.55. The summed E-state index contributed by atoms with van der Waals surface area (Å²) in [5.41, 5.74) is 1.77. The molecule has 0 aliphatic carbocycles. The fourth-order valence-electron chi connectivity index (χ4n) is 3.21. The van der Waals surface area contributed by atoms with Crippen LogP contribution in [0.3, 0.4) is 0 Å². The molecule has 148 valence electrons. The first kappa shape index (κ1) is 18.5. The molecular weight excluding hydrogens is 360 g/mol. The normalized spacial score (nSPS) is 17.6. The number of nitrogens with one attached hydrogen (secondary N) is 1. The molecule has 9 nitrogen and oxygen atoms in total. The summed E-state index contributed by atoms with van der Waals surface area (Å²) in [6.45, 7) is 3.13. The Hall–Kier alpha value is -2.91. The van der Waals surface area contributed by atoms with Gasteiger partial charge in [-0.05, 0) is 25.2 Å². The number of aromatic nitrogens is 4. The van der Waals surface area contributed by atoms with Crippen LogP contribution in [0.4, 0.5) is 0 Å². The summed E-state index contributed by atoms with van der Waals surface area (Å²) in [6, 6.07) is 5.69. The van der Waals surface area contributed by atoms with Crippen molar-refractivity contribution in [1.82, 2.24) is 30.1 Å². The highest BCUT2D eigenvalue weighted by molar-refractivity contribution is 5.59. The van der Waals surface area contributed by atoms with Crippen molar-refractivity contribution in [2.24, 2.45) is 7.05 Å². The zero-order valence-electron chi connectivity index (χ0n) is 16.3. The van der Waals surface area contributed by atoms with Crippen molar-refractivity contribution >= 4 is 0 Å². The van der Waals surface area contributed by atoms with Crippen molar-refractivity contribution in [2.45, 2.75) is 12.6 Å². The lowest BCUT2D eigenvalue weighted by Crippen LogP contribution is -2.44. The number of hydrogen-bond donors (Lipinski definition) is 1.